The first-order chi connectivity index (χ1) is 11.7. The number of hydrogen-bond acceptors (Lipinski definition) is 8. The lowest BCUT2D eigenvalue weighted by atomic mass is 10.2. The zero-order chi connectivity index (χ0) is 17.9. The predicted molar refractivity (Wildman–Crippen MR) is 88.0 cm³/mol. The van der Waals surface area contributed by atoms with Crippen LogP contribution in [-0.4, -0.2) is 95.8 Å². The molecule has 0 radical (unpaired) electrons. The Morgan fingerprint density at radius 2 is 0.875 bits per heavy atom. The third-order valence-corrected chi connectivity index (χ3v) is 2.78. The summed E-state index contributed by atoms with van der Waals surface area (Å²) in [6.45, 7) is 8.46. The van der Waals surface area contributed by atoms with Crippen LogP contribution < -0.4 is 0 Å². The summed E-state index contributed by atoms with van der Waals surface area (Å²) in [5.74, 6) is 0.228. The Morgan fingerprint density at radius 1 is 0.542 bits per heavy atom. The molecule has 24 heavy (non-hydrogen) atoms. The lowest BCUT2D eigenvalue weighted by Crippen LogP contribution is -2.27. The Morgan fingerprint density at radius 3 is 1.21 bits per heavy atom. The summed E-state index contributed by atoms with van der Waals surface area (Å²) in [5, 5.41) is 17.1. The largest absolute Gasteiger partial charge is 0.394 e. The second-order valence-corrected chi connectivity index (χ2v) is 5.25. The van der Waals surface area contributed by atoms with Crippen molar-refractivity contribution < 1.29 is 38.6 Å². The predicted octanol–water partition coefficient (Wildman–Crippen LogP) is 0.0527. The highest BCUT2D eigenvalue weighted by atomic mass is 16.7. The van der Waals surface area contributed by atoms with Crippen molar-refractivity contribution in [3.8, 4) is 0 Å². The van der Waals surface area contributed by atoms with E-state index in [1.165, 1.54) is 0 Å². The summed E-state index contributed by atoms with van der Waals surface area (Å²) < 4.78 is 32.2. The van der Waals surface area contributed by atoms with Crippen LogP contribution in [0.5, 0.6) is 0 Å². The molecule has 0 atom stereocenters. The van der Waals surface area contributed by atoms with Crippen molar-refractivity contribution in [2.24, 2.45) is 5.92 Å². The first-order valence-electron chi connectivity index (χ1n) is 8.48. The van der Waals surface area contributed by atoms with Crippen LogP contribution in [0, 0.1) is 5.92 Å². The maximum absolute atomic E-state index is 8.55. The van der Waals surface area contributed by atoms with Crippen LogP contribution in [0.25, 0.3) is 0 Å². The average Bonchev–Trinajstić information content (AvgIpc) is 2.57. The Balaban J connectivity index is 3.47. The molecule has 0 aromatic heterocycles. The average molecular weight is 354 g/mol. The van der Waals surface area contributed by atoms with Crippen molar-refractivity contribution >= 4 is 0 Å². The Bertz CT molecular complexity index is 220. The van der Waals surface area contributed by atoms with Gasteiger partial charge in [-0.1, -0.05) is 13.8 Å². The molecule has 0 aliphatic carbocycles. The van der Waals surface area contributed by atoms with E-state index in [2.05, 4.69) is 0 Å². The molecule has 0 heterocycles. The van der Waals surface area contributed by atoms with Gasteiger partial charge in [-0.05, 0) is 0 Å². The summed E-state index contributed by atoms with van der Waals surface area (Å²) in [4.78, 5) is 0. The first kappa shape index (κ1) is 23.7. The van der Waals surface area contributed by atoms with Gasteiger partial charge >= 0.3 is 0 Å². The molecule has 0 aromatic carbocycles. The fourth-order valence-corrected chi connectivity index (χ4v) is 1.65. The van der Waals surface area contributed by atoms with E-state index in [4.69, 9.17) is 38.6 Å². The number of aliphatic hydroxyl groups is 2. The Hall–Kier alpha value is -0.320. The molecule has 2 N–H and O–H groups in total. The van der Waals surface area contributed by atoms with Crippen molar-refractivity contribution in [1.82, 2.24) is 0 Å². The molecule has 146 valence electrons. The summed E-state index contributed by atoms with van der Waals surface area (Å²) in [7, 11) is 0. The van der Waals surface area contributed by atoms with Crippen LogP contribution in [0.15, 0.2) is 0 Å². The smallest absolute Gasteiger partial charge is 0.160 e. The van der Waals surface area contributed by atoms with Gasteiger partial charge in [-0.25, -0.2) is 0 Å². The Kier molecular flexibility index (Phi) is 18.8. The van der Waals surface area contributed by atoms with Crippen LogP contribution in [0.4, 0.5) is 0 Å². The Labute approximate surface area is 144 Å². The highest BCUT2D eigenvalue weighted by Gasteiger charge is 2.14. The molecule has 0 spiro atoms. The molecule has 0 aliphatic rings. The van der Waals surface area contributed by atoms with E-state index in [1.54, 1.807) is 0 Å². The molecular formula is C16H34O8. The van der Waals surface area contributed by atoms with E-state index in [9.17, 15) is 0 Å². The van der Waals surface area contributed by atoms with Gasteiger partial charge in [0.05, 0.1) is 79.3 Å². The van der Waals surface area contributed by atoms with Gasteiger partial charge in [0.1, 0.15) is 0 Å². The quantitative estimate of drug-likeness (QED) is 0.248. The molecule has 0 fully saturated rings. The van der Waals surface area contributed by atoms with Crippen molar-refractivity contribution in [3.63, 3.8) is 0 Å². The maximum Gasteiger partial charge on any atom is 0.160 e. The second kappa shape index (κ2) is 19.0. The second-order valence-electron chi connectivity index (χ2n) is 5.25. The fourth-order valence-electron chi connectivity index (χ4n) is 1.65. The van der Waals surface area contributed by atoms with Gasteiger partial charge in [-0.2, -0.15) is 0 Å². The molecule has 0 saturated carbocycles. The van der Waals surface area contributed by atoms with Gasteiger partial charge in [0.2, 0.25) is 0 Å². The highest BCUT2D eigenvalue weighted by Crippen LogP contribution is 2.08. The van der Waals surface area contributed by atoms with Crippen LogP contribution in [0.2, 0.25) is 0 Å². The van der Waals surface area contributed by atoms with Crippen molar-refractivity contribution in [2.45, 2.75) is 20.1 Å². The minimum absolute atomic E-state index is 0.0237. The highest BCUT2D eigenvalue weighted by molar-refractivity contribution is 4.51. The zero-order valence-corrected chi connectivity index (χ0v) is 15.0. The molecule has 0 aromatic rings. The fraction of sp³-hybridized carbons (Fsp3) is 1.00. The van der Waals surface area contributed by atoms with Crippen LogP contribution in [0.1, 0.15) is 13.8 Å². The monoisotopic (exact) mass is 354 g/mol. The molecule has 0 saturated heterocycles. The van der Waals surface area contributed by atoms with Crippen LogP contribution in [-0.2, 0) is 28.4 Å². The lowest BCUT2D eigenvalue weighted by Gasteiger charge is -2.22. The van der Waals surface area contributed by atoms with Gasteiger partial charge in [-0.3, -0.25) is 0 Å². The summed E-state index contributed by atoms with van der Waals surface area (Å²) in [6, 6.07) is 0. The SMILES string of the molecule is CC(C)C(OCCOCCOCCO)OCCOCCOCCO. The third kappa shape index (κ3) is 16.5. The normalized spacial score (nSPS) is 11.8. The minimum atomic E-state index is -0.298. The summed E-state index contributed by atoms with van der Waals surface area (Å²) >= 11 is 0. The maximum atomic E-state index is 8.55. The van der Waals surface area contributed by atoms with Gasteiger partial charge in [0.15, 0.2) is 6.29 Å². The van der Waals surface area contributed by atoms with Crippen molar-refractivity contribution in [1.29, 1.82) is 0 Å². The molecule has 0 aliphatic heterocycles. The zero-order valence-electron chi connectivity index (χ0n) is 15.0. The van der Waals surface area contributed by atoms with Crippen molar-refractivity contribution in [3.05, 3.63) is 0 Å². The van der Waals surface area contributed by atoms with E-state index in [-0.39, 0.29) is 25.4 Å². The van der Waals surface area contributed by atoms with E-state index in [0.29, 0.717) is 66.1 Å². The van der Waals surface area contributed by atoms with Gasteiger partial charge in [0.25, 0.3) is 0 Å². The molecular weight excluding hydrogens is 320 g/mol. The van der Waals surface area contributed by atoms with E-state index in [0.717, 1.165) is 0 Å². The lowest BCUT2D eigenvalue weighted by molar-refractivity contribution is -0.179. The van der Waals surface area contributed by atoms with Crippen LogP contribution in [0.3, 0.4) is 0 Å². The molecule has 8 heteroatoms. The summed E-state index contributed by atoms with van der Waals surface area (Å²) in [6.07, 6.45) is -0.298. The summed E-state index contributed by atoms with van der Waals surface area (Å²) in [5.41, 5.74) is 0. The van der Waals surface area contributed by atoms with Gasteiger partial charge < -0.3 is 38.6 Å². The molecule has 8 nitrogen and oxygen atoms in total. The number of rotatable bonds is 19. The van der Waals surface area contributed by atoms with E-state index >= 15 is 0 Å². The molecule has 0 unspecified atom stereocenters. The first-order valence-corrected chi connectivity index (χ1v) is 8.48. The van der Waals surface area contributed by atoms with Crippen molar-refractivity contribution in [2.75, 3.05) is 79.3 Å². The number of ether oxygens (including phenoxy) is 6. The number of aliphatic hydroxyl groups excluding tert-OH is 2. The van der Waals surface area contributed by atoms with Crippen LogP contribution >= 0.6 is 0 Å². The van der Waals surface area contributed by atoms with E-state index < -0.39 is 0 Å². The topological polar surface area (TPSA) is 95.8 Å². The van der Waals surface area contributed by atoms with Gasteiger partial charge in [-0.15, -0.1) is 0 Å². The number of hydrogen-bond donors (Lipinski definition) is 2. The molecule has 0 amide bonds. The molecule has 0 bridgehead atoms. The van der Waals surface area contributed by atoms with E-state index in [1.807, 2.05) is 13.8 Å². The third-order valence-electron chi connectivity index (χ3n) is 2.78. The standard InChI is InChI=1S/C16H34O8/c1-15(2)16(23-13-11-21-9-7-19-5-3-17)24-14-12-22-10-8-20-6-4-18/h15-18H,3-14H2,1-2H3. The molecule has 0 rings (SSSR count). The van der Waals surface area contributed by atoms with Gasteiger partial charge in [0, 0.05) is 5.92 Å². The minimum Gasteiger partial charge on any atom is -0.394 e.